The lowest BCUT2D eigenvalue weighted by atomic mass is 9.80. The smallest absolute Gasteiger partial charge is 0.187 e. The average Bonchev–Trinajstić information content (AvgIpc) is 3.07. The molecule has 2 saturated heterocycles. The van der Waals surface area contributed by atoms with Gasteiger partial charge in [-0.25, -0.2) is 0 Å². The van der Waals surface area contributed by atoms with Crippen molar-refractivity contribution < 1.29 is 54.7 Å². The lowest BCUT2D eigenvalue weighted by Gasteiger charge is -2.48. The molecule has 0 radical (unpaired) electrons. The van der Waals surface area contributed by atoms with Crippen LogP contribution in [0.25, 0.3) is 0 Å². The van der Waals surface area contributed by atoms with Gasteiger partial charge in [-0.1, -0.05) is 6.92 Å². The zero-order valence-electron chi connectivity index (χ0n) is 19.1. The fourth-order valence-electron chi connectivity index (χ4n) is 4.78. The highest BCUT2D eigenvalue weighted by molar-refractivity contribution is 5.00. The van der Waals surface area contributed by atoms with Crippen LogP contribution in [-0.2, 0) is 18.9 Å². The molecule has 0 aromatic carbocycles. The van der Waals surface area contributed by atoms with E-state index in [0.717, 1.165) is 0 Å². The second-order valence-corrected chi connectivity index (χ2v) is 9.66. The van der Waals surface area contributed by atoms with E-state index in [9.17, 15) is 35.7 Å². The zero-order chi connectivity index (χ0) is 25.5. The molecule has 14 nitrogen and oxygen atoms in total. The van der Waals surface area contributed by atoms with Crippen LogP contribution in [0.1, 0.15) is 20.3 Å². The van der Waals surface area contributed by atoms with Crippen molar-refractivity contribution in [2.24, 2.45) is 23.1 Å². The average molecular weight is 498 g/mol. The van der Waals surface area contributed by atoms with Crippen LogP contribution < -0.4 is 17.2 Å². The fraction of sp³-hybridized carbons (Fsp3) is 1.00. The summed E-state index contributed by atoms with van der Waals surface area (Å²) in [5.74, 6) is -0.329. The Labute approximate surface area is 197 Å². The molecule has 2 heterocycles. The molecule has 0 aromatic rings. The van der Waals surface area contributed by atoms with Crippen LogP contribution in [0, 0.1) is 5.92 Å². The Morgan fingerprint density at radius 2 is 1.41 bits per heavy atom. The molecule has 1 saturated carbocycles. The van der Waals surface area contributed by atoms with E-state index in [4.69, 9.17) is 36.1 Å². The second kappa shape index (κ2) is 11.2. The summed E-state index contributed by atoms with van der Waals surface area (Å²) in [4.78, 5) is 0. The number of hydrogen-bond acceptors (Lipinski definition) is 14. The molecular formula is C20H39N3O11. The first kappa shape index (κ1) is 28.0. The molecular weight excluding hydrogens is 458 g/mol. The molecule has 0 amide bonds. The molecule has 5 unspecified atom stereocenters. The van der Waals surface area contributed by atoms with Crippen molar-refractivity contribution in [1.82, 2.24) is 0 Å². The summed E-state index contributed by atoms with van der Waals surface area (Å²) in [6, 6.07) is -2.59. The number of rotatable bonds is 7. The van der Waals surface area contributed by atoms with Crippen LogP contribution in [0.15, 0.2) is 0 Å². The predicted octanol–water partition coefficient (Wildman–Crippen LogP) is -5.59. The molecule has 14 heteroatoms. The monoisotopic (exact) mass is 497 g/mol. The number of aliphatic hydroxyl groups is 7. The van der Waals surface area contributed by atoms with E-state index >= 15 is 0 Å². The van der Waals surface area contributed by atoms with Crippen LogP contribution in [0.2, 0.25) is 0 Å². The van der Waals surface area contributed by atoms with Crippen molar-refractivity contribution in [2.45, 2.75) is 112 Å². The number of nitrogens with two attached hydrogens (primary N) is 3. The number of hydrogen-bond donors (Lipinski definition) is 10. The van der Waals surface area contributed by atoms with E-state index in [2.05, 4.69) is 0 Å². The Hall–Kier alpha value is -0.560. The standard InChI is InChI=1S/C20H39N3O11/c1-5-3-7(22)16(32-19-9(23)11(27)12(28)17(33-19)8(25)4-24)18(10(5)26)34-20-14(30)13(29)15(31-20)6(2)21/h5-20,24-30H,3-4,21-23H2,1-2H3/t5?,6-,7?,8+,9?,10+,11+,12-,13+,14?,15+,16+,17?,18+,19-,20-/m0/s1. The Morgan fingerprint density at radius 3 is 1.97 bits per heavy atom. The van der Waals surface area contributed by atoms with Gasteiger partial charge >= 0.3 is 0 Å². The van der Waals surface area contributed by atoms with E-state index in [1.807, 2.05) is 0 Å². The molecule has 34 heavy (non-hydrogen) atoms. The molecule has 0 spiro atoms. The summed E-state index contributed by atoms with van der Waals surface area (Å²) in [6.07, 6.45) is -15.6. The predicted molar refractivity (Wildman–Crippen MR) is 114 cm³/mol. The summed E-state index contributed by atoms with van der Waals surface area (Å²) in [7, 11) is 0. The summed E-state index contributed by atoms with van der Waals surface area (Å²) in [5.41, 5.74) is 18.1. The quantitative estimate of drug-likeness (QED) is 0.157. The zero-order valence-corrected chi connectivity index (χ0v) is 19.1. The van der Waals surface area contributed by atoms with Crippen molar-refractivity contribution in [3.05, 3.63) is 0 Å². The normalized spacial score (nSPS) is 51.9. The van der Waals surface area contributed by atoms with Gasteiger partial charge in [-0.3, -0.25) is 0 Å². The summed E-state index contributed by atoms with van der Waals surface area (Å²) >= 11 is 0. The number of aliphatic hydroxyl groups excluding tert-OH is 7. The van der Waals surface area contributed by atoms with Gasteiger partial charge in [0.25, 0.3) is 0 Å². The third kappa shape index (κ3) is 5.40. The summed E-state index contributed by atoms with van der Waals surface area (Å²) in [6.45, 7) is 2.60. The first-order valence-corrected chi connectivity index (χ1v) is 11.5. The fourth-order valence-corrected chi connectivity index (χ4v) is 4.78. The highest BCUT2D eigenvalue weighted by Crippen LogP contribution is 2.35. The SMILES string of the molecule is CC1CC(N)[C@@H](O[C@H]2OC([C@H](O)CO)[C@@H](O)[C@H](O)C2N)[C@H](O[C@@H]2O[C@H]([C@H](C)N)[C@H](O)C2O)[C@@H]1O. The van der Waals surface area contributed by atoms with Crippen LogP contribution in [0.3, 0.4) is 0 Å². The first-order chi connectivity index (χ1) is 15.9. The van der Waals surface area contributed by atoms with Gasteiger partial charge in [0.15, 0.2) is 12.6 Å². The number of ether oxygens (including phenoxy) is 4. The van der Waals surface area contributed by atoms with Gasteiger partial charge in [-0.05, 0) is 19.3 Å². The van der Waals surface area contributed by atoms with E-state index < -0.39 is 98.4 Å². The van der Waals surface area contributed by atoms with Gasteiger partial charge in [0.2, 0.25) is 0 Å². The Kier molecular flexibility index (Phi) is 9.25. The third-order valence-electron chi connectivity index (χ3n) is 6.92. The Morgan fingerprint density at radius 1 is 0.853 bits per heavy atom. The molecule has 200 valence electrons. The van der Waals surface area contributed by atoms with Gasteiger partial charge in [0, 0.05) is 12.1 Å². The molecule has 0 bridgehead atoms. The van der Waals surface area contributed by atoms with Crippen LogP contribution in [0.4, 0.5) is 0 Å². The van der Waals surface area contributed by atoms with Crippen molar-refractivity contribution in [2.75, 3.05) is 6.61 Å². The molecule has 3 fully saturated rings. The van der Waals surface area contributed by atoms with Gasteiger partial charge in [-0.2, -0.15) is 0 Å². The molecule has 1 aliphatic carbocycles. The third-order valence-corrected chi connectivity index (χ3v) is 6.92. The van der Waals surface area contributed by atoms with Crippen molar-refractivity contribution in [3.63, 3.8) is 0 Å². The molecule has 3 aliphatic rings. The maximum absolute atomic E-state index is 10.9. The highest BCUT2D eigenvalue weighted by Gasteiger charge is 2.53. The van der Waals surface area contributed by atoms with Gasteiger partial charge in [0.1, 0.15) is 54.9 Å². The van der Waals surface area contributed by atoms with Gasteiger partial charge in [0.05, 0.1) is 18.8 Å². The molecule has 0 aromatic heterocycles. The molecule has 3 rings (SSSR count). The molecule has 13 N–H and O–H groups in total. The van der Waals surface area contributed by atoms with Crippen LogP contribution in [-0.4, -0.2) is 134 Å². The highest BCUT2D eigenvalue weighted by atomic mass is 16.7. The van der Waals surface area contributed by atoms with E-state index in [1.54, 1.807) is 13.8 Å². The molecule has 2 aliphatic heterocycles. The minimum Gasteiger partial charge on any atom is -0.394 e. The van der Waals surface area contributed by atoms with Crippen LogP contribution in [0.5, 0.6) is 0 Å². The van der Waals surface area contributed by atoms with Crippen molar-refractivity contribution in [1.29, 1.82) is 0 Å². The Bertz CT molecular complexity index is 663. The van der Waals surface area contributed by atoms with Crippen LogP contribution >= 0.6 is 0 Å². The van der Waals surface area contributed by atoms with E-state index in [-0.39, 0.29) is 5.92 Å². The first-order valence-electron chi connectivity index (χ1n) is 11.5. The lowest BCUT2D eigenvalue weighted by molar-refractivity contribution is -0.319. The summed E-state index contributed by atoms with van der Waals surface area (Å²) < 4.78 is 22.9. The van der Waals surface area contributed by atoms with Gasteiger partial charge < -0.3 is 71.9 Å². The summed E-state index contributed by atoms with van der Waals surface area (Å²) in [5, 5.41) is 71.2. The maximum Gasteiger partial charge on any atom is 0.187 e. The van der Waals surface area contributed by atoms with Crippen molar-refractivity contribution >= 4 is 0 Å². The van der Waals surface area contributed by atoms with Gasteiger partial charge in [-0.15, -0.1) is 0 Å². The maximum atomic E-state index is 10.9. The minimum absolute atomic E-state index is 0.320. The van der Waals surface area contributed by atoms with E-state index in [1.165, 1.54) is 0 Å². The molecule has 16 atom stereocenters. The lowest BCUT2D eigenvalue weighted by Crippen LogP contribution is -2.67. The van der Waals surface area contributed by atoms with E-state index in [0.29, 0.717) is 6.42 Å². The Balaban J connectivity index is 1.80. The minimum atomic E-state index is -1.59. The topological polar surface area (TPSA) is 257 Å². The second-order valence-electron chi connectivity index (χ2n) is 9.66. The largest absolute Gasteiger partial charge is 0.394 e. The van der Waals surface area contributed by atoms with Crippen molar-refractivity contribution in [3.8, 4) is 0 Å².